The summed E-state index contributed by atoms with van der Waals surface area (Å²) >= 11 is 0. The lowest BCUT2D eigenvalue weighted by Crippen LogP contribution is -2.05. The molecule has 2 rings (SSSR count). The quantitative estimate of drug-likeness (QED) is 0.700. The lowest BCUT2D eigenvalue weighted by atomic mass is 10.0. The molecular formula is C21H23FO3. The Labute approximate surface area is 147 Å². The smallest absolute Gasteiger partial charge is 0.330 e. The molecule has 1 N–H and O–H groups in total. The van der Waals surface area contributed by atoms with Crippen molar-refractivity contribution in [3.8, 4) is 16.9 Å². The molecule has 0 atom stereocenters. The van der Waals surface area contributed by atoms with E-state index in [4.69, 9.17) is 9.84 Å². The molecule has 0 heterocycles. The fourth-order valence-electron chi connectivity index (χ4n) is 2.46. The van der Waals surface area contributed by atoms with Gasteiger partial charge in [0.2, 0.25) is 0 Å². The minimum absolute atomic E-state index is 0.0306. The van der Waals surface area contributed by atoms with Gasteiger partial charge in [0.1, 0.15) is 11.6 Å². The van der Waals surface area contributed by atoms with Crippen LogP contribution in [0.15, 0.2) is 54.1 Å². The van der Waals surface area contributed by atoms with E-state index in [9.17, 15) is 9.18 Å². The number of carboxylic acids is 1. The third-order valence-corrected chi connectivity index (χ3v) is 3.80. The third-order valence-electron chi connectivity index (χ3n) is 3.80. The van der Waals surface area contributed by atoms with E-state index in [0.29, 0.717) is 23.3 Å². The third kappa shape index (κ3) is 5.45. The van der Waals surface area contributed by atoms with E-state index >= 15 is 0 Å². The summed E-state index contributed by atoms with van der Waals surface area (Å²) in [6, 6.07) is 12.4. The average molecular weight is 342 g/mol. The number of benzene rings is 2. The summed E-state index contributed by atoms with van der Waals surface area (Å²) in [4.78, 5) is 10.8. The summed E-state index contributed by atoms with van der Waals surface area (Å²) in [5, 5.41) is 8.83. The number of aryl methyl sites for hydroxylation is 1. The second kappa shape index (κ2) is 8.47. The summed E-state index contributed by atoms with van der Waals surface area (Å²) in [5.74, 6) is -0.539. The zero-order chi connectivity index (χ0) is 18.4. The summed E-state index contributed by atoms with van der Waals surface area (Å²) in [5.41, 5.74) is 2.72. The van der Waals surface area contributed by atoms with Crippen LogP contribution < -0.4 is 4.74 Å². The minimum Gasteiger partial charge on any atom is -0.491 e. The van der Waals surface area contributed by atoms with Crippen molar-refractivity contribution in [3.63, 3.8) is 0 Å². The molecule has 0 aliphatic rings. The van der Waals surface area contributed by atoms with Crippen molar-refractivity contribution in [2.75, 3.05) is 0 Å². The first-order chi connectivity index (χ1) is 11.9. The van der Waals surface area contributed by atoms with Gasteiger partial charge in [-0.15, -0.1) is 0 Å². The summed E-state index contributed by atoms with van der Waals surface area (Å²) in [7, 11) is 0. The number of allylic oxidation sites excluding steroid dienone is 1. The van der Waals surface area contributed by atoms with Gasteiger partial charge in [-0.2, -0.15) is 0 Å². The maximum absolute atomic E-state index is 14.1. The van der Waals surface area contributed by atoms with Gasteiger partial charge >= 0.3 is 5.97 Å². The van der Waals surface area contributed by atoms with Gasteiger partial charge in [0, 0.05) is 11.1 Å². The second-order valence-corrected chi connectivity index (χ2v) is 6.24. The van der Waals surface area contributed by atoms with Crippen LogP contribution in [0.3, 0.4) is 0 Å². The largest absolute Gasteiger partial charge is 0.491 e. The number of hydrogen-bond acceptors (Lipinski definition) is 2. The zero-order valence-electron chi connectivity index (χ0n) is 14.8. The Bertz CT molecular complexity index is 761. The fraction of sp³-hybridized carbons (Fsp3) is 0.286. The summed E-state index contributed by atoms with van der Waals surface area (Å²) in [6.45, 7) is 5.44. The van der Waals surface area contributed by atoms with Crippen LogP contribution in [0.2, 0.25) is 0 Å². The fourth-order valence-corrected chi connectivity index (χ4v) is 2.46. The SMILES string of the molecule is CC(=CCCc1ccc(-c2cc(OC(C)C)ccc2F)cc1)C(=O)O. The molecule has 0 saturated heterocycles. The van der Waals surface area contributed by atoms with Gasteiger partial charge in [0.25, 0.3) is 0 Å². The molecule has 0 aliphatic heterocycles. The Kier molecular flexibility index (Phi) is 6.34. The molecule has 4 heteroatoms. The van der Waals surface area contributed by atoms with Gasteiger partial charge in [-0.05, 0) is 62.9 Å². The van der Waals surface area contributed by atoms with Crippen LogP contribution in [0.25, 0.3) is 11.1 Å². The number of hydrogen-bond donors (Lipinski definition) is 1. The molecule has 0 fully saturated rings. The van der Waals surface area contributed by atoms with Crippen molar-refractivity contribution in [2.24, 2.45) is 0 Å². The van der Waals surface area contributed by atoms with E-state index in [1.54, 1.807) is 25.1 Å². The van der Waals surface area contributed by atoms with E-state index < -0.39 is 5.97 Å². The number of carbonyl (C=O) groups is 1. The van der Waals surface area contributed by atoms with Crippen LogP contribution in [0, 0.1) is 5.82 Å². The normalized spacial score (nSPS) is 11.6. The molecule has 0 amide bonds. The molecule has 0 radical (unpaired) electrons. The van der Waals surface area contributed by atoms with Crippen LogP contribution >= 0.6 is 0 Å². The summed E-state index contributed by atoms with van der Waals surface area (Å²) in [6.07, 6.45) is 3.14. The predicted octanol–water partition coefficient (Wildman–Crippen LogP) is 5.24. The zero-order valence-corrected chi connectivity index (χ0v) is 14.8. The van der Waals surface area contributed by atoms with Crippen LogP contribution in [0.4, 0.5) is 4.39 Å². The topological polar surface area (TPSA) is 46.5 Å². The van der Waals surface area contributed by atoms with Crippen molar-refractivity contribution < 1.29 is 19.0 Å². The van der Waals surface area contributed by atoms with Gasteiger partial charge in [0.15, 0.2) is 0 Å². The van der Waals surface area contributed by atoms with Crippen LogP contribution in [0.1, 0.15) is 32.8 Å². The maximum Gasteiger partial charge on any atom is 0.330 e. The minimum atomic E-state index is -0.894. The molecular weight excluding hydrogens is 319 g/mol. The lowest BCUT2D eigenvalue weighted by molar-refractivity contribution is -0.132. The van der Waals surface area contributed by atoms with Crippen molar-refractivity contribution >= 4 is 5.97 Å². The molecule has 0 saturated carbocycles. The van der Waals surface area contributed by atoms with Crippen LogP contribution in [-0.4, -0.2) is 17.2 Å². The van der Waals surface area contributed by atoms with Gasteiger partial charge in [-0.25, -0.2) is 9.18 Å². The molecule has 2 aromatic rings. The molecule has 25 heavy (non-hydrogen) atoms. The van der Waals surface area contributed by atoms with E-state index in [1.807, 2.05) is 38.1 Å². The first kappa shape index (κ1) is 18.7. The Morgan fingerprint density at radius 1 is 1.20 bits per heavy atom. The average Bonchev–Trinajstić information content (AvgIpc) is 2.56. The van der Waals surface area contributed by atoms with Gasteiger partial charge < -0.3 is 9.84 Å². The number of rotatable bonds is 7. The van der Waals surface area contributed by atoms with E-state index in [1.165, 1.54) is 6.07 Å². The Hall–Kier alpha value is -2.62. The van der Waals surface area contributed by atoms with Crippen molar-refractivity contribution in [2.45, 2.75) is 39.7 Å². The van der Waals surface area contributed by atoms with Crippen LogP contribution in [-0.2, 0) is 11.2 Å². The van der Waals surface area contributed by atoms with Crippen LogP contribution in [0.5, 0.6) is 5.75 Å². The molecule has 0 aromatic heterocycles. The van der Waals surface area contributed by atoms with Gasteiger partial charge in [-0.3, -0.25) is 0 Å². The molecule has 0 unspecified atom stereocenters. The highest BCUT2D eigenvalue weighted by Crippen LogP contribution is 2.28. The number of ether oxygens (including phenoxy) is 1. The molecule has 0 spiro atoms. The van der Waals surface area contributed by atoms with E-state index in [2.05, 4.69) is 0 Å². The molecule has 0 aliphatic carbocycles. The highest BCUT2D eigenvalue weighted by molar-refractivity contribution is 5.85. The van der Waals surface area contributed by atoms with Gasteiger partial charge in [0.05, 0.1) is 6.10 Å². The Morgan fingerprint density at radius 3 is 2.48 bits per heavy atom. The first-order valence-electron chi connectivity index (χ1n) is 8.32. The molecule has 2 aromatic carbocycles. The number of halogens is 1. The molecule has 3 nitrogen and oxygen atoms in total. The first-order valence-corrected chi connectivity index (χ1v) is 8.32. The molecule has 0 bridgehead atoms. The highest BCUT2D eigenvalue weighted by Gasteiger charge is 2.08. The standard InChI is InChI=1S/C21H23FO3/c1-14(2)25-18-11-12-20(22)19(13-18)17-9-7-16(8-10-17)6-4-5-15(3)21(23)24/h5,7-14H,4,6H2,1-3H3,(H,23,24). The van der Waals surface area contributed by atoms with E-state index in [0.717, 1.165) is 17.5 Å². The molecule has 132 valence electrons. The van der Waals surface area contributed by atoms with Crippen molar-refractivity contribution in [3.05, 3.63) is 65.5 Å². The highest BCUT2D eigenvalue weighted by atomic mass is 19.1. The second-order valence-electron chi connectivity index (χ2n) is 6.24. The number of aliphatic carboxylic acids is 1. The lowest BCUT2D eigenvalue weighted by Gasteiger charge is -2.12. The number of carboxylic acid groups (broad SMARTS) is 1. The Balaban J connectivity index is 2.12. The van der Waals surface area contributed by atoms with Crippen molar-refractivity contribution in [1.29, 1.82) is 0 Å². The van der Waals surface area contributed by atoms with Gasteiger partial charge in [-0.1, -0.05) is 30.3 Å². The maximum atomic E-state index is 14.1. The Morgan fingerprint density at radius 2 is 1.88 bits per heavy atom. The van der Waals surface area contributed by atoms with E-state index in [-0.39, 0.29) is 11.9 Å². The predicted molar refractivity (Wildman–Crippen MR) is 97.3 cm³/mol. The summed E-state index contributed by atoms with van der Waals surface area (Å²) < 4.78 is 19.8. The van der Waals surface area contributed by atoms with Crippen molar-refractivity contribution in [1.82, 2.24) is 0 Å². The monoisotopic (exact) mass is 342 g/mol.